The fourth-order valence-corrected chi connectivity index (χ4v) is 2.94. The lowest BCUT2D eigenvalue weighted by Gasteiger charge is -2.12. The molecule has 0 heterocycles. The highest BCUT2D eigenvalue weighted by Gasteiger charge is 2.09. The van der Waals surface area contributed by atoms with E-state index in [0.717, 1.165) is 11.4 Å². The summed E-state index contributed by atoms with van der Waals surface area (Å²) in [5, 5.41) is 3.28. The zero-order chi connectivity index (χ0) is 12.8. The molecule has 2 atom stereocenters. The van der Waals surface area contributed by atoms with Gasteiger partial charge in [-0.1, -0.05) is 32.9 Å². The molecule has 1 rings (SSSR count). The van der Waals surface area contributed by atoms with Gasteiger partial charge in [0.25, 0.3) is 0 Å². The molecule has 0 saturated heterocycles. The largest absolute Gasteiger partial charge is 0.314 e. The molecule has 0 saturated carbocycles. The van der Waals surface area contributed by atoms with Crippen LogP contribution in [0.3, 0.4) is 0 Å². The molecule has 2 nitrogen and oxygen atoms in total. The van der Waals surface area contributed by atoms with E-state index in [2.05, 4.69) is 45.1 Å². The van der Waals surface area contributed by atoms with Gasteiger partial charge in [0.1, 0.15) is 0 Å². The Morgan fingerprint density at radius 3 is 2.24 bits per heavy atom. The van der Waals surface area contributed by atoms with Crippen LogP contribution in [0.4, 0.5) is 0 Å². The van der Waals surface area contributed by atoms with Gasteiger partial charge in [0.05, 0.1) is 10.8 Å². The van der Waals surface area contributed by atoms with Crippen molar-refractivity contribution in [2.75, 3.05) is 12.3 Å². The van der Waals surface area contributed by atoms with E-state index >= 15 is 0 Å². The van der Waals surface area contributed by atoms with Crippen molar-refractivity contribution in [3.8, 4) is 0 Å². The van der Waals surface area contributed by atoms with Crippen molar-refractivity contribution in [1.29, 1.82) is 0 Å². The highest BCUT2D eigenvalue weighted by molar-refractivity contribution is 7.85. The molecule has 0 radical (unpaired) electrons. The number of benzene rings is 1. The van der Waals surface area contributed by atoms with Crippen LogP contribution in [0.1, 0.15) is 39.2 Å². The molecule has 0 aromatic heterocycles. The third-order valence-electron chi connectivity index (χ3n) is 2.76. The van der Waals surface area contributed by atoms with Crippen LogP contribution in [-0.4, -0.2) is 22.5 Å². The van der Waals surface area contributed by atoms with Crippen LogP contribution in [0.5, 0.6) is 0 Å². The Bertz CT molecular complexity index is 359. The first-order valence-corrected chi connectivity index (χ1v) is 7.58. The summed E-state index contributed by atoms with van der Waals surface area (Å²) in [7, 11) is -0.899. The SMILES string of the molecule is CCNC(C)CS(=O)c1ccc(C(C)C)cc1. The average Bonchev–Trinajstić information content (AvgIpc) is 2.29. The van der Waals surface area contributed by atoms with Crippen LogP contribution >= 0.6 is 0 Å². The van der Waals surface area contributed by atoms with Crippen molar-refractivity contribution >= 4 is 10.8 Å². The molecule has 3 heteroatoms. The topological polar surface area (TPSA) is 29.1 Å². The van der Waals surface area contributed by atoms with Gasteiger partial charge >= 0.3 is 0 Å². The highest BCUT2D eigenvalue weighted by Crippen LogP contribution is 2.16. The maximum absolute atomic E-state index is 12.1. The Labute approximate surface area is 107 Å². The maximum Gasteiger partial charge on any atom is 0.0545 e. The van der Waals surface area contributed by atoms with E-state index in [1.807, 2.05) is 12.1 Å². The molecule has 17 heavy (non-hydrogen) atoms. The summed E-state index contributed by atoms with van der Waals surface area (Å²) < 4.78 is 12.1. The van der Waals surface area contributed by atoms with Gasteiger partial charge in [0, 0.05) is 16.7 Å². The minimum atomic E-state index is -0.899. The van der Waals surface area contributed by atoms with E-state index in [-0.39, 0.29) is 0 Å². The zero-order valence-electron chi connectivity index (χ0n) is 11.2. The molecule has 1 aromatic rings. The van der Waals surface area contributed by atoms with Crippen molar-refractivity contribution < 1.29 is 4.21 Å². The summed E-state index contributed by atoms with van der Waals surface area (Å²) >= 11 is 0. The van der Waals surface area contributed by atoms with Crippen molar-refractivity contribution in [2.24, 2.45) is 0 Å². The molecule has 2 unspecified atom stereocenters. The lowest BCUT2D eigenvalue weighted by Crippen LogP contribution is -2.30. The van der Waals surface area contributed by atoms with Crippen LogP contribution in [0.15, 0.2) is 29.2 Å². The van der Waals surface area contributed by atoms with E-state index in [0.29, 0.717) is 17.7 Å². The second-order valence-corrected chi connectivity index (χ2v) is 6.19. The first kappa shape index (κ1) is 14.4. The molecular formula is C14H23NOS. The van der Waals surface area contributed by atoms with Gasteiger partial charge in [-0.3, -0.25) is 4.21 Å². The minimum absolute atomic E-state index is 0.297. The van der Waals surface area contributed by atoms with E-state index in [9.17, 15) is 4.21 Å². The molecule has 0 amide bonds. The summed E-state index contributed by atoms with van der Waals surface area (Å²) in [6.07, 6.45) is 0. The van der Waals surface area contributed by atoms with Crippen LogP contribution in [0.25, 0.3) is 0 Å². The van der Waals surface area contributed by atoms with Gasteiger partial charge in [-0.25, -0.2) is 0 Å². The van der Waals surface area contributed by atoms with Gasteiger partial charge in [-0.05, 0) is 37.1 Å². The predicted octanol–water partition coefficient (Wildman–Crippen LogP) is 2.92. The first-order valence-electron chi connectivity index (χ1n) is 6.26. The molecule has 1 aromatic carbocycles. The van der Waals surface area contributed by atoms with Crippen molar-refractivity contribution in [3.05, 3.63) is 29.8 Å². The summed E-state index contributed by atoms with van der Waals surface area (Å²) in [5.41, 5.74) is 1.30. The van der Waals surface area contributed by atoms with Gasteiger partial charge in [0.15, 0.2) is 0 Å². The molecule has 0 fully saturated rings. The molecular weight excluding hydrogens is 230 g/mol. The molecule has 0 aliphatic heterocycles. The van der Waals surface area contributed by atoms with Gasteiger partial charge in [-0.15, -0.1) is 0 Å². The second kappa shape index (κ2) is 6.92. The smallest absolute Gasteiger partial charge is 0.0545 e. The lowest BCUT2D eigenvalue weighted by molar-refractivity contribution is 0.607. The Balaban J connectivity index is 2.63. The number of rotatable bonds is 6. The third-order valence-corrected chi connectivity index (χ3v) is 4.36. The van der Waals surface area contributed by atoms with E-state index in [1.165, 1.54) is 5.56 Å². The van der Waals surface area contributed by atoms with E-state index in [1.54, 1.807) is 0 Å². The Kier molecular flexibility index (Phi) is 5.86. The molecule has 0 bridgehead atoms. The Morgan fingerprint density at radius 1 is 1.18 bits per heavy atom. The summed E-state index contributed by atoms with van der Waals surface area (Å²) in [6, 6.07) is 8.44. The van der Waals surface area contributed by atoms with Gasteiger partial charge in [-0.2, -0.15) is 0 Å². The molecule has 1 N–H and O–H groups in total. The van der Waals surface area contributed by atoms with Crippen molar-refractivity contribution in [3.63, 3.8) is 0 Å². The molecule has 0 aliphatic carbocycles. The molecule has 0 spiro atoms. The summed E-state index contributed by atoms with van der Waals surface area (Å²) in [5.74, 6) is 1.20. The summed E-state index contributed by atoms with van der Waals surface area (Å²) in [6.45, 7) is 9.39. The Morgan fingerprint density at radius 2 is 1.76 bits per heavy atom. The lowest BCUT2D eigenvalue weighted by atomic mass is 10.0. The number of hydrogen-bond donors (Lipinski definition) is 1. The molecule has 0 aliphatic rings. The van der Waals surface area contributed by atoms with Gasteiger partial charge in [0.2, 0.25) is 0 Å². The van der Waals surface area contributed by atoms with Crippen LogP contribution in [0.2, 0.25) is 0 Å². The quantitative estimate of drug-likeness (QED) is 0.844. The number of hydrogen-bond acceptors (Lipinski definition) is 2. The van der Waals surface area contributed by atoms with Crippen LogP contribution in [0, 0.1) is 0 Å². The highest BCUT2D eigenvalue weighted by atomic mass is 32.2. The fraction of sp³-hybridized carbons (Fsp3) is 0.571. The van der Waals surface area contributed by atoms with E-state index < -0.39 is 10.8 Å². The summed E-state index contributed by atoms with van der Waals surface area (Å²) in [4.78, 5) is 0.930. The van der Waals surface area contributed by atoms with Crippen molar-refractivity contribution in [2.45, 2.75) is 44.6 Å². The Hall–Kier alpha value is -0.670. The maximum atomic E-state index is 12.1. The van der Waals surface area contributed by atoms with Crippen LogP contribution in [-0.2, 0) is 10.8 Å². The average molecular weight is 253 g/mol. The van der Waals surface area contributed by atoms with Crippen molar-refractivity contribution in [1.82, 2.24) is 5.32 Å². The standard InChI is InChI=1S/C14H23NOS/c1-5-15-12(4)10-17(16)14-8-6-13(7-9-14)11(2)3/h6-9,11-12,15H,5,10H2,1-4H3. The minimum Gasteiger partial charge on any atom is -0.314 e. The second-order valence-electron chi connectivity index (χ2n) is 4.69. The van der Waals surface area contributed by atoms with E-state index in [4.69, 9.17) is 0 Å². The molecule has 96 valence electrons. The van der Waals surface area contributed by atoms with Gasteiger partial charge < -0.3 is 5.32 Å². The zero-order valence-corrected chi connectivity index (χ0v) is 12.0. The fourth-order valence-electron chi connectivity index (χ4n) is 1.74. The normalized spacial score (nSPS) is 14.9. The number of nitrogens with one attached hydrogen (secondary N) is 1. The third kappa shape index (κ3) is 4.60. The monoisotopic (exact) mass is 253 g/mol. The van der Waals surface area contributed by atoms with Crippen LogP contribution < -0.4 is 5.32 Å². The first-order chi connectivity index (χ1) is 8.04. The predicted molar refractivity (Wildman–Crippen MR) is 74.9 cm³/mol.